The molecule has 1 aromatic heterocycles. The molecule has 0 aliphatic carbocycles. The highest BCUT2D eigenvalue weighted by molar-refractivity contribution is 6.32. The van der Waals surface area contributed by atoms with Crippen molar-refractivity contribution in [3.05, 3.63) is 52.2 Å². The predicted octanol–water partition coefficient (Wildman–Crippen LogP) is 3.41. The minimum absolute atomic E-state index is 0.0233. The van der Waals surface area contributed by atoms with Gasteiger partial charge >= 0.3 is 5.97 Å². The Kier molecular flexibility index (Phi) is 3.87. The van der Waals surface area contributed by atoms with Gasteiger partial charge in [0.1, 0.15) is 10.8 Å². The summed E-state index contributed by atoms with van der Waals surface area (Å²) < 4.78 is 5.53. The number of ether oxygens (including phenoxy) is 1. The quantitative estimate of drug-likeness (QED) is 0.935. The van der Waals surface area contributed by atoms with Crippen LogP contribution in [0, 0.1) is 18.3 Å². The van der Waals surface area contributed by atoms with Crippen LogP contribution in [0.3, 0.4) is 0 Å². The van der Waals surface area contributed by atoms with E-state index in [1.54, 1.807) is 18.2 Å². The van der Waals surface area contributed by atoms with E-state index in [9.17, 15) is 4.79 Å². The average molecular weight is 289 g/mol. The largest absolute Gasteiger partial charge is 0.478 e. The Balaban J connectivity index is 2.35. The number of nitriles is 1. The summed E-state index contributed by atoms with van der Waals surface area (Å²) in [5, 5.41) is 17.8. The molecule has 0 spiro atoms. The van der Waals surface area contributed by atoms with Gasteiger partial charge in [0.2, 0.25) is 5.88 Å². The molecule has 1 N–H and O–H groups in total. The third-order valence-corrected chi connectivity index (χ3v) is 2.85. The van der Waals surface area contributed by atoms with E-state index in [4.69, 9.17) is 26.7 Å². The number of hydrogen-bond acceptors (Lipinski definition) is 4. The first-order valence-electron chi connectivity index (χ1n) is 5.58. The summed E-state index contributed by atoms with van der Waals surface area (Å²) in [5.41, 5.74) is 1.23. The standard InChI is InChI=1S/C14H9ClN2O3/c1-8-2-3-9(6-16)4-12(8)20-13-11(15)5-10(7-17-13)14(18)19/h2-5,7H,1H3,(H,18,19). The van der Waals surface area contributed by atoms with Crippen LogP contribution in [0.1, 0.15) is 21.5 Å². The second-order valence-electron chi connectivity index (χ2n) is 4.01. The van der Waals surface area contributed by atoms with Gasteiger partial charge in [-0.05, 0) is 30.7 Å². The van der Waals surface area contributed by atoms with Crippen LogP contribution in [0.2, 0.25) is 5.02 Å². The number of nitrogens with zero attached hydrogens (tertiary/aromatic N) is 2. The lowest BCUT2D eigenvalue weighted by atomic mass is 10.1. The summed E-state index contributed by atoms with van der Waals surface area (Å²) in [6, 6.07) is 8.25. The van der Waals surface area contributed by atoms with Gasteiger partial charge in [-0.3, -0.25) is 0 Å². The number of aryl methyl sites for hydroxylation is 1. The Morgan fingerprint density at radius 1 is 1.45 bits per heavy atom. The smallest absolute Gasteiger partial charge is 0.337 e. The molecule has 0 fully saturated rings. The van der Waals surface area contributed by atoms with E-state index in [-0.39, 0.29) is 16.5 Å². The van der Waals surface area contributed by atoms with Gasteiger partial charge in [0.25, 0.3) is 0 Å². The molecule has 0 aliphatic rings. The number of benzene rings is 1. The van der Waals surface area contributed by atoms with Crippen LogP contribution in [-0.4, -0.2) is 16.1 Å². The summed E-state index contributed by atoms with van der Waals surface area (Å²) in [5.74, 6) is -0.579. The molecule has 0 radical (unpaired) electrons. The normalized spacial score (nSPS) is 9.85. The van der Waals surface area contributed by atoms with Crippen molar-refractivity contribution >= 4 is 17.6 Å². The number of rotatable bonds is 3. The molecule has 1 aromatic carbocycles. The first-order valence-corrected chi connectivity index (χ1v) is 5.96. The van der Waals surface area contributed by atoms with Crippen LogP contribution < -0.4 is 4.74 Å². The van der Waals surface area contributed by atoms with Crippen molar-refractivity contribution in [3.8, 4) is 17.7 Å². The molecule has 2 aromatic rings. The maximum atomic E-state index is 10.8. The first-order chi connectivity index (χ1) is 9.51. The van der Waals surface area contributed by atoms with Crippen molar-refractivity contribution < 1.29 is 14.6 Å². The maximum absolute atomic E-state index is 10.8. The van der Waals surface area contributed by atoms with E-state index in [1.165, 1.54) is 6.07 Å². The molecule has 1 heterocycles. The Morgan fingerprint density at radius 2 is 2.20 bits per heavy atom. The predicted molar refractivity (Wildman–Crippen MR) is 72.2 cm³/mol. The molecule has 5 nitrogen and oxygen atoms in total. The second kappa shape index (κ2) is 5.59. The van der Waals surface area contributed by atoms with Crippen molar-refractivity contribution in [1.29, 1.82) is 5.26 Å². The van der Waals surface area contributed by atoms with Gasteiger partial charge in [-0.1, -0.05) is 17.7 Å². The number of carboxylic acids is 1. The lowest BCUT2D eigenvalue weighted by Crippen LogP contribution is -1.99. The SMILES string of the molecule is Cc1ccc(C#N)cc1Oc1ncc(C(=O)O)cc1Cl. The second-order valence-corrected chi connectivity index (χ2v) is 4.42. The van der Waals surface area contributed by atoms with Crippen molar-refractivity contribution in [3.63, 3.8) is 0 Å². The van der Waals surface area contributed by atoms with Crippen LogP contribution >= 0.6 is 11.6 Å². The fraction of sp³-hybridized carbons (Fsp3) is 0.0714. The molecular weight excluding hydrogens is 280 g/mol. The molecule has 0 saturated carbocycles. The highest BCUT2D eigenvalue weighted by Crippen LogP contribution is 2.30. The van der Waals surface area contributed by atoms with Gasteiger partial charge in [0.05, 0.1) is 17.2 Å². The van der Waals surface area contributed by atoms with Gasteiger partial charge in [-0.15, -0.1) is 0 Å². The average Bonchev–Trinajstić information content (AvgIpc) is 2.43. The molecule has 0 amide bonds. The van der Waals surface area contributed by atoms with Crippen molar-refractivity contribution in [2.75, 3.05) is 0 Å². The lowest BCUT2D eigenvalue weighted by molar-refractivity contribution is 0.0696. The number of carboxylic acid groups (broad SMARTS) is 1. The summed E-state index contributed by atoms with van der Waals surface area (Å²) in [6.07, 6.45) is 1.16. The third kappa shape index (κ3) is 2.87. The topological polar surface area (TPSA) is 83.2 Å². The maximum Gasteiger partial charge on any atom is 0.337 e. The molecular formula is C14H9ClN2O3. The van der Waals surface area contributed by atoms with Gasteiger partial charge in [-0.2, -0.15) is 5.26 Å². The molecule has 0 saturated heterocycles. The summed E-state index contributed by atoms with van der Waals surface area (Å²) in [6.45, 7) is 1.82. The number of halogens is 1. The van der Waals surface area contributed by atoms with Crippen LogP contribution in [0.15, 0.2) is 30.5 Å². The minimum atomic E-state index is -1.12. The zero-order valence-corrected chi connectivity index (χ0v) is 11.2. The van der Waals surface area contributed by atoms with E-state index in [0.717, 1.165) is 11.8 Å². The Labute approximate surface area is 120 Å². The molecule has 0 aliphatic heterocycles. The van der Waals surface area contributed by atoms with E-state index in [2.05, 4.69) is 4.98 Å². The zero-order valence-electron chi connectivity index (χ0n) is 10.4. The molecule has 100 valence electrons. The minimum Gasteiger partial charge on any atom is -0.478 e. The van der Waals surface area contributed by atoms with Crippen molar-refractivity contribution in [1.82, 2.24) is 4.98 Å². The van der Waals surface area contributed by atoms with Crippen molar-refractivity contribution in [2.45, 2.75) is 6.92 Å². The highest BCUT2D eigenvalue weighted by Gasteiger charge is 2.11. The van der Waals surface area contributed by atoms with E-state index >= 15 is 0 Å². The summed E-state index contributed by atoms with van der Waals surface area (Å²) in [7, 11) is 0. The van der Waals surface area contributed by atoms with Crippen LogP contribution in [0.5, 0.6) is 11.6 Å². The first kappa shape index (κ1) is 13.8. The number of aromatic carboxylic acids is 1. The molecule has 20 heavy (non-hydrogen) atoms. The monoisotopic (exact) mass is 288 g/mol. The van der Waals surface area contributed by atoms with Crippen LogP contribution in [0.25, 0.3) is 0 Å². The van der Waals surface area contributed by atoms with Crippen molar-refractivity contribution in [2.24, 2.45) is 0 Å². The Bertz CT molecular complexity index is 723. The van der Waals surface area contributed by atoms with Crippen LogP contribution in [0.4, 0.5) is 0 Å². The fourth-order valence-corrected chi connectivity index (χ4v) is 1.71. The molecule has 0 bridgehead atoms. The Hall–Kier alpha value is -2.58. The van der Waals surface area contributed by atoms with E-state index < -0.39 is 5.97 Å². The number of pyridine rings is 1. The molecule has 2 rings (SSSR count). The van der Waals surface area contributed by atoms with Gasteiger partial charge in [0, 0.05) is 6.20 Å². The van der Waals surface area contributed by atoms with E-state index in [1.807, 2.05) is 13.0 Å². The molecule has 0 unspecified atom stereocenters. The van der Waals surface area contributed by atoms with Gasteiger partial charge < -0.3 is 9.84 Å². The van der Waals surface area contributed by atoms with Gasteiger partial charge in [0.15, 0.2) is 0 Å². The number of aromatic nitrogens is 1. The summed E-state index contributed by atoms with van der Waals surface area (Å²) in [4.78, 5) is 14.7. The van der Waals surface area contributed by atoms with Gasteiger partial charge in [-0.25, -0.2) is 9.78 Å². The number of carbonyl (C=O) groups is 1. The Morgan fingerprint density at radius 3 is 2.80 bits per heavy atom. The highest BCUT2D eigenvalue weighted by atomic mass is 35.5. The lowest BCUT2D eigenvalue weighted by Gasteiger charge is -2.09. The summed E-state index contributed by atoms with van der Waals surface area (Å²) >= 11 is 5.93. The van der Waals surface area contributed by atoms with E-state index in [0.29, 0.717) is 11.3 Å². The van der Waals surface area contributed by atoms with Crippen LogP contribution in [-0.2, 0) is 0 Å². The zero-order chi connectivity index (χ0) is 14.7. The molecule has 6 heteroatoms. The number of hydrogen-bond donors (Lipinski definition) is 1. The fourth-order valence-electron chi connectivity index (χ4n) is 1.50. The molecule has 0 atom stereocenters. The third-order valence-electron chi connectivity index (χ3n) is 2.58.